The molecule has 0 saturated carbocycles. The number of amides is 1. The Morgan fingerprint density at radius 3 is 2.00 bits per heavy atom. The van der Waals surface area contributed by atoms with Gasteiger partial charge in [-0.15, -0.1) is 5.11 Å². The van der Waals surface area contributed by atoms with Crippen LogP contribution in [0.5, 0.6) is 5.75 Å². The normalized spacial score (nSPS) is 10.8. The molecular formula is C33H31N3O2. The molecule has 0 saturated heterocycles. The van der Waals surface area contributed by atoms with Crippen molar-refractivity contribution in [3.8, 4) is 5.75 Å². The van der Waals surface area contributed by atoms with E-state index >= 15 is 0 Å². The standard InChI is InChI=1S/C33H31N3O2/c1-5-26-8-12-28(13-9-26)22-36(25(4)37)31-18-16-30(17-19-31)34-35-32-21-24(3)7-20-33(32)38-23-29-14-10-27(6-2)11-15-29/h5-21H,1-2,22-23H2,3-4H3. The molecule has 0 fully saturated rings. The molecule has 0 N–H and O–H groups in total. The van der Waals surface area contributed by atoms with Gasteiger partial charge in [-0.1, -0.05) is 79.9 Å². The van der Waals surface area contributed by atoms with Gasteiger partial charge < -0.3 is 9.64 Å². The van der Waals surface area contributed by atoms with Crippen molar-refractivity contribution in [2.45, 2.75) is 27.0 Å². The van der Waals surface area contributed by atoms with E-state index in [-0.39, 0.29) is 5.91 Å². The molecule has 0 atom stereocenters. The van der Waals surface area contributed by atoms with Gasteiger partial charge in [-0.3, -0.25) is 4.79 Å². The second kappa shape index (κ2) is 12.5. The van der Waals surface area contributed by atoms with Crippen LogP contribution in [0.3, 0.4) is 0 Å². The van der Waals surface area contributed by atoms with Crippen LogP contribution in [0, 0.1) is 6.92 Å². The zero-order valence-corrected chi connectivity index (χ0v) is 21.8. The van der Waals surface area contributed by atoms with E-state index in [2.05, 4.69) is 23.4 Å². The number of anilines is 1. The molecule has 5 heteroatoms. The number of hydrogen-bond donors (Lipinski definition) is 0. The van der Waals surface area contributed by atoms with Crippen LogP contribution in [-0.4, -0.2) is 5.91 Å². The zero-order valence-electron chi connectivity index (χ0n) is 21.8. The molecule has 4 rings (SSSR count). The van der Waals surface area contributed by atoms with Gasteiger partial charge in [0.25, 0.3) is 0 Å². The third-order valence-corrected chi connectivity index (χ3v) is 6.10. The lowest BCUT2D eigenvalue weighted by Crippen LogP contribution is -2.27. The zero-order chi connectivity index (χ0) is 26.9. The van der Waals surface area contributed by atoms with Crippen LogP contribution in [0.15, 0.2) is 114 Å². The molecule has 0 aliphatic heterocycles. The predicted octanol–water partition coefficient (Wildman–Crippen LogP) is 8.83. The van der Waals surface area contributed by atoms with Crippen LogP contribution >= 0.6 is 0 Å². The van der Waals surface area contributed by atoms with Gasteiger partial charge in [0.05, 0.1) is 12.2 Å². The highest BCUT2D eigenvalue weighted by Crippen LogP contribution is 2.31. The van der Waals surface area contributed by atoms with Crippen LogP contribution in [-0.2, 0) is 17.9 Å². The van der Waals surface area contributed by atoms with Crippen molar-refractivity contribution >= 4 is 35.1 Å². The van der Waals surface area contributed by atoms with Gasteiger partial charge in [0.1, 0.15) is 18.0 Å². The molecule has 38 heavy (non-hydrogen) atoms. The summed E-state index contributed by atoms with van der Waals surface area (Å²) in [6, 6.07) is 29.4. The van der Waals surface area contributed by atoms with Gasteiger partial charge in [0.2, 0.25) is 5.91 Å². The number of ether oxygens (including phenoxy) is 1. The quantitative estimate of drug-likeness (QED) is 0.204. The van der Waals surface area contributed by atoms with Crippen molar-refractivity contribution in [1.29, 1.82) is 0 Å². The SMILES string of the molecule is C=Cc1ccc(COc2ccc(C)cc2N=Nc2ccc(N(Cc3ccc(C=C)cc3)C(C)=O)cc2)cc1. The maximum atomic E-state index is 12.4. The Hall–Kier alpha value is -4.77. The Kier molecular flexibility index (Phi) is 8.62. The van der Waals surface area contributed by atoms with E-state index in [9.17, 15) is 4.79 Å². The van der Waals surface area contributed by atoms with E-state index in [1.165, 1.54) is 0 Å². The van der Waals surface area contributed by atoms with Crippen molar-refractivity contribution in [2.24, 2.45) is 10.2 Å². The lowest BCUT2D eigenvalue weighted by molar-refractivity contribution is -0.116. The fraction of sp³-hybridized carbons (Fsp3) is 0.121. The summed E-state index contributed by atoms with van der Waals surface area (Å²) in [5.41, 5.74) is 7.41. The number of hydrogen-bond acceptors (Lipinski definition) is 4. The number of nitrogens with zero attached hydrogens (tertiary/aromatic N) is 3. The number of carbonyl (C=O) groups is 1. The predicted molar refractivity (Wildman–Crippen MR) is 156 cm³/mol. The molecule has 0 radical (unpaired) electrons. The molecule has 4 aromatic carbocycles. The lowest BCUT2D eigenvalue weighted by atomic mass is 10.1. The summed E-state index contributed by atoms with van der Waals surface area (Å²) in [5, 5.41) is 8.89. The van der Waals surface area contributed by atoms with Crippen molar-refractivity contribution in [3.05, 3.63) is 132 Å². The van der Waals surface area contributed by atoms with Crippen LogP contribution in [0.1, 0.15) is 34.7 Å². The van der Waals surface area contributed by atoms with Gasteiger partial charge in [-0.05, 0) is 71.1 Å². The van der Waals surface area contributed by atoms with Gasteiger partial charge >= 0.3 is 0 Å². The molecular weight excluding hydrogens is 470 g/mol. The Morgan fingerprint density at radius 2 is 1.42 bits per heavy atom. The average Bonchev–Trinajstić information content (AvgIpc) is 2.95. The Labute approximate surface area is 224 Å². The monoisotopic (exact) mass is 501 g/mol. The third-order valence-electron chi connectivity index (χ3n) is 6.10. The summed E-state index contributed by atoms with van der Waals surface area (Å²) < 4.78 is 6.06. The van der Waals surface area contributed by atoms with E-state index in [0.717, 1.165) is 33.5 Å². The van der Waals surface area contributed by atoms with Crippen LogP contribution < -0.4 is 9.64 Å². The summed E-state index contributed by atoms with van der Waals surface area (Å²) in [7, 11) is 0. The fourth-order valence-corrected chi connectivity index (χ4v) is 3.88. The van der Waals surface area contributed by atoms with Crippen molar-refractivity contribution in [2.75, 3.05) is 4.90 Å². The van der Waals surface area contributed by atoms with E-state index < -0.39 is 0 Å². The first-order valence-electron chi connectivity index (χ1n) is 12.4. The smallest absolute Gasteiger partial charge is 0.224 e. The van der Waals surface area contributed by atoms with Crippen LogP contribution in [0.2, 0.25) is 0 Å². The fourth-order valence-electron chi connectivity index (χ4n) is 3.88. The van der Waals surface area contributed by atoms with Crippen LogP contribution in [0.25, 0.3) is 12.2 Å². The molecule has 0 unspecified atom stereocenters. The first-order valence-corrected chi connectivity index (χ1v) is 12.4. The topological polar surface area (TPSA) is 54.3 Å². The third kappa shape index (κ3) is 6.92. The van der Waals surface area contributed by atoms with Crippen LogP contribution in [0.4, 0.5) is 17.1 Å². The summed E-state index contributed by atoms with van der Waals surface area (Å²) in [6.07, 6.45) is 3.61. The molecule has 0 aliphatic rings. The second-order valence-corrected chi connectivity index (χ2v) is 8.97. The number of rotatable bonds is 10. The molecule has 0 heterocycles. The summed E-state index contributed by atoms with van der Waals surface area (Å²) in [6.45, 7) is 12.1. The maximum absolute atomic E-state index is 12.4. The highest BCUT2D eigenvalue weighted by molar-refractivity contribution is 5.91. The molecule has 0 aliphatic carbocycles. The Balaban J connectivity index is 1.46. The number of azo groups is 1. The minimum Gasteiger partial charge on any atom is -0.487 e. The largest absolute Gasteiger partial charge is 0.487 e. The number of carbonyl (C=O) groups excluding carboxylic acids is 1. The van der Waals surface area contributed by atoms with Gasteiger partial charge in [-0.2, -0.15) is 5.11 Å². The Bertz CT molecular complexity index is 1440. The highest BCUT2D eigenvalue weighted by Gasteiger charge is 2.12. The number of benzene rings is 4. The lowest BCUT2D eigenvalue weighted by Gasteiger charge is -2.21. The maximum Gasteiger partial charge on any atom is 0.224 e. The molecule has 4 aromatic rings. The average molecular weight is 502 g/mol. The van der Waals surface area contributed by atoms with Crippen molar-refractivity contribution in [3.63, 3.8) is 0 Å². The van der Waals surface area contributed by atoms with Crippen molar-refractivity contribution in [1.82, 2.24) is 0 Å². The Morgan fingerprint density at radius 1 is 0.816 bits per heavy atom. The van der Waals surface area contributed by atoms with E-state index in [1.54, 1.807) is 17.9 Å². The summed E-state index contributed by atoms with van der Waals surface area (Å²) in [4.78, 5) is 14.1. The first-order chi connectivity index (χ1) is 18.4. The summed E-state index contributed by atoms with van der Waals surface area (Å²) in [5.74, 6) is 0.627. The van der Waals surface area contributed by atoms with Gasteiger partial charge in [0.15, 0.2) is 0 Å². The number of aryl methyl sites for hydroxylation is 1. The van der Waals surface area contributed by atoms with Gasteiger partial charge in [-0.25, -0.2) is 0 Å². The molecule has 0 spiro atoms. The van der Waals surface area contributed by atoms with E-state index in [1.807, 2.05) is 104 Å². The molecule has 0 bridgehead atoms. The first kappa shape index (κ1) is 26.3. The van der Waals surface area contributed by atoms with Crippen molar-refractivity contribution < 1.29 is 9.53 Å². The second-order valence-electron chi connectivity index (χ2n) is 8.97. The van der Waals surface area contributed by atoms with E-state index in [0.29, 0.717) is 30.3 Å². The minimum absolute atomic E-state index is 0.0344. The molecule has 5 nitrogen and oxygen atoms in total. The van der Waals surface area contributed by atoms with Gasteiger partial charge in [0, 0.05) is 12.6 Å². The summed E-state index contributed by atoms with van der Waals surface area (Å²) >= 11 is 0. The molecule has 1 amide bonds. The minimum atomic E-state index is -0.0344. The van der Waals surface area contributed by atoms with E-state index in [4.69, 9.17) is 4.74 Å². The highest BCUT2D eigenvalue weighted by atomic mass is 16.5. The molecule has 0 aromatic heterocycles. The molecule has 190 valence electrons.